The molecule has 1 heterocycles. The van der Waals surface area contributed by atoms with Crippen molar-refractivity contribution in [2.45, 2.75) is 6.54 Å². The van der Waals surface area contributed by atoms with Gasteiger partial charge in [-0.2, -0.15) is 10.2 Å². The number of nitrogens with zero attached hydrogens (tertiary/aromatic N) is 2. The molecule has 1 amide bonds. The molecule has 5 nitrogen and oxygen atoms in total. The van der Waals surface area contributed by atoms with Gasteiger partial charge < -0.3 is 10.6 Å². The van der Waals surface area contributed by atoms with Crippen molar-refractivity contribution < 1.29 is 9.18 Å². The second-order valence-corrected chi connectivity index (χ2v) is 3.88. The summed E-state index contributed by atoms with van der Waals surface area (Å²) >= 11 is 0. The van der Waals surface area contributed by atoms with Gasteiger partial charge in [0.1, 0.15) is 5.82 Å². The molecule has 0 saturated carbocycles. The molecule has 0 saturated heterocycles. The summed E-state index contributed by atoms with van der Waals surface area (Å²) in [4.78, 5) is 11.6. The third kappa shape index (κ3) is 4.44. The van der Waals surface area contributed by atoms with E-state index in [1.54, 1.807) is 18.3 Å². The van der Waals surface area contributed by atoms with E-state index in [1.807, 2.05) is 6.07 Å². The number of amides is 1. The molecule has 98 valence electrons. The number of aromatic nitrogens is 2. The fraction of sp³-hybridized carbons (Fsp3) is 0.154. The summed E-state index contributed by atoms with van der Waals surface area (Å²) in [6, 6.07) is 9.34. The van der Waals surface area contributed by atoms with Crippen LogP contribution in [-0.4, -0.2) is 22.6 Å². The van der Waals surface area contributed by atoms with E-state index < -0.39 is 0 Å². The Morgan fingerprint density at radius 3 is 2.89 bits per heavy atom. The zero-order valence-electron chi connectivity index (χ0n) is 10.1. The Morgan fingerprint density at radius 1 is 1.26 bits per heavy atom. The zero-order valence-corrected chi connectivity index (χ0v) is 10.1. The Labute approximate surface area is 109 Å². The number of carbonyl (C=O) groups excluding carboxylic acids is 1. The molecule has 0 fully saturated rings. The van der Waals surface area contributed by atoms with Crippen LogP contribution in [0.15, 0.2) is 42.6 Å². The third-order valence-electron chi connectivity index (χ3n) is 2.33. The second kappa shape index (κ2) is 6.55. The van der Waals surface area contributed by atoms with Crippen LogP contribution in [0, 0.1) is 5.82 Å². The highest BCUT2D eigenvalue weighted by atomic mass is 19.1. The maximum atomic E-state index is 12.9. The molecule has 1 aromatic carbocycles. The number of rotatable bonds is 5. The molecule has 0 aliphatic heterocycles. The van der Waals surface area contributed by atoms with Gasteiger partial charge in [-0.1, -0.05) is 6.07 Å². The van der Waals surface area contributed by atoms with E-state index in [9.17, 15) is 9.18 Å². The number of nitrogens with one attached hydrogen (secondary N) is 2. The van der Waals surface area contributed by atoms with E-state index in [-0.39, 0.29) is 18.3 Å². The van der Waals surface area contributed by atoms with Crippen molar-refractivity contribution in [3.05, 3.63) is 54.1 Å². The van der Waals surface area contributed by atoms with E-state index in [4.69, 9.17) is 0 Å². The molecule has 2 aromatic rings. The first-order valence-corrected chi connectivity index (χ1v) is 5.77. The number of benzene rings is 1. The van der Waals surface area contributed by atoms with Crippen molar-refractivity contribution in [3.63, 3.8) is 0 Å². The van der Waals surface area contributed by atoms with Gasteiger partial charge in [0.25, 0.3) is 0 Å². The van der Waals surface area contributed by atoms with Gasteiger partial charge in [0.2, 0.25) is 5.91 Å². The van der Waals surface area contributed by atoms with Gasteiger partial charge in [0.15, 0.2) is 0 Å². The van der Waals surface area contributed by atoms with Crippen LogP contribution in [0.5, 0.6) is 0 Å². The molecule has 0 aliphatic carbocycles. The molecular formula is C13H13FN4O. The van der Waals surface area contributed by atoms with E-state index in [0.717, 1.165) is 5.69 Å². The molecular weight excluding hydrogens is 247 g/mol. The smallest absolute Gasteiger partial charge is 0.238 e. The van der Waals surface area contributed by atoms with Crippen LogP contribution in [0.3, 0.4) is 0 Å². The number of halogens is 1. The topological polar surface area (TPSA) is 66.9 Å². The Morgan fingerprint density at radius 2 is 2.16 bits per heavy atom. The van der Waals surface area contributed by atoms with Gasteiger partial charge >= 0.3 is 0 Å². The van der Waals surface area contributed by atoms with Gasteiger partial charge in [-0.15, -0.1) is 0 Å². The summed E-state index contributed by atoms with van der Waals surface area (Å²) in [6.07, 6.45) is 1.58. The monoisotopic (exact) mass is 260 g/mol. The lowest BCUT2D eigenvalue weighted by molar-refractivity contribution is -0.115. The summed E-state index contributed by atoms with van der Waals surface area (Å²) in [5.41, 5.74) is 1.19. The Balaban J connectivity index is 1.76. The Bertz CT molecular complexity index is 547. The predicted molar refractivity (Wildman–Crippen MR) is 68.8 cm³/mol. The minimum atomic E-state index is -0.384. The van der Waals surface area contributed by atoms with Crippen molar-refractivity contribution in [2.24, 2.45) is 0 Å². The molecule has 0 spiro atoms. The van der Waals surface area contributed by atoms with Crippen molar-refractivity contribution in [2.75, 3.05) is 11.9 Å². The van der Waals surface area contributed by atoms with Gasteiger partial charge in [0, 0.05) is 18.4 Å². The fourth-order valence-corrected chi connectivity index (χ4v) is 1.50. The molecule has 2 rings (SSSR count). The summed E-state index contributed by atoms with van der Waals surface area (Å²) in [6.45, 7) is 0.567. The summed E-state index contributed by atoms with van der Waals surface area (Å²) in [5.74, 6) is -0.625. The van der Waals surface area contributed by atoms with Crippen LogP contribution in [0.2, 0.25) is 0 Å². The quantitative estimate of drug-likeness (QED) is 0.851. The largest absolute Gasteiger partial charge is 0.325 e. The summed E-state index contributed by atoms with van der Waals surface area (Å²) in [7, 11) is 0. The van der Waals surface area contributed by atoms with Crippen LogP contribution in [0.25, 0.3) is 0 Å². The van der Waals surface area contributed by atoms with E-state index in [2.05, 4.69) is 20.8 Å². The Kier molecular flexibility index (Phi) is 4.52. The number of hydrogen-bond donors (Lipinski definition) is 2. The highest BCUT2D eigenvalue weighted by molar-refractivity contribution is 5.92. The van der Waals surface area contributed by atoms with Crippen molar-refractivity contribution in [3.8, 4) is 0 Å². The van der Waals surface area contributed by atoms with Gasteiger partial charge in [-0.25, -0.2) is 4.39 Å². The van der Waals surface area contributed by atoms with Crippen LogP contribution in [0.4, 0.5) is 10.1 Å². The predicted octanol–water partition coefficient (Wildman–Crippen LogP) is 1.34. The Hall–Kier alpha value is -2.34. The van der Waals surface area contributed by atoms with Crippen LogP contribution in [-0.2, 0) is 11.3 Å². The molecule has 1 aromatic heterocycles. The number of anilines is 1. The normalized spacial score (nSPS) is 10.2. The first-order valence-electron chi connectivity index (χ1n) is 5.77. The van der Waals surface area contributed by atoms with Crippen molar-refractivity contribution in [1.82, 2.24) is 15.5 Å². The van der Waals surface area contributed by atoms with Gasteiger partial charge in [-0.05, 0) is 30.3 Å². The molecule has 0 unspecified atom stereocenters. The van der Waals surface area contributed by atoms with E-state index in [0.29, 0.717) is 12.2 Å². The molecule has 2 N–H and O–H groups in total. The second-order valence-electron chi connectivity index (χ2n) is 3.88. The average Bonchev–Trinajstić information content (AvgIpc) is 2.40. The standard InChI is InChI=1S/C13H13FN4O/c14-10-3-1-4-11(7-10)17-13(19)9-15-8-12-5-2-6-16-18-12/h1-7,15H,8-9H2,(H,17,19). The first kappa shape index (κ1) is 13.1. The summed E-state index contributed by atoms with van der Waals surface area (Å²) in [5, 5.41) is 13.1. The van der Waals surface area contributed by atoms with E-state index in [1.165, 1.54) is 18.2 Å². The average molecular weight is 260 g/mol. The lowest BCUT2D eigenvalue weighted by Crippen LogP contribution is -2.28. The van der Waals surface area contributed by atoms with Gasteiger partial charge in [0.05, 0.1) is 12.2 Å². The van der Waals surface area contributed by atoms with Crippen molar-refractivity contribution >= 4 is 11.6 Å². The molecule has 0 bridgehead atoms. The third-order valence-corrected chi connectivity index (χ3v) is 2.33. The molecule has 0 radical (unpaired) electrons. The number of carbonyl (C=O) groups is 1. The minimum absolute atomic E-state index is 0.118. The zero-order chi connectivity index (χ0) is 13.5. The molecule has 0 aliphatic rings. The summed E-state index contributed by atoms with van der Waals surface area (Å²) < 4.78 is 12.9. The number of hydrogen-bond acceptors (Lipinski definition) is 4. The minimum Gasteiger partial charge on any atom is -0.325 e. The lowest BCUT2D eigenvalue weighted by atomic mass is 10.3. The highest BCUT2D eigenvalue weighted by Crippen LogP contribution is 2.08. The van der Waals surface area contributed by atoms with Crippen molar-refractivity contribution in [1.29, 1.82) is 0 Å². The molecule has 19 heavy (non-hydrogen) atoms. The molecule has 6 heteroatoms. The van der Waals surface area contributed by atoms with E-state index >= 15 is 0 Å². The first-order chi connectivity index (χ1) is 9.24. The highest BCUT2D eigenvalue weighted by Gasteiger charge is 2.03. The van der Waals surface area contributed by atoms with Crippen LogP contribution in [0.1, 0.15) is 5.69 Å². The molecule has 0 atom stereocenters. The van der Waals surface area contributed by atoms with Gasteiger partial charge in [-0.3, -0.25) is 4.79 Å². The fourth-order valence-electron chi connectivity index (χ4n) is 1.50. The maximum absolute atomic E-state index is 12.9. The van der Waals surface area contributed by atoms with Crippen LogP contribution >= 0.6 is 0 Å². The van der Waals surface area contributed by atoms with Crippen LogP contribution < -0.4 is 10.6 Å². The SMILES string of the molecule is O=C(CNCc1cccnn1)Nc1cccc(F)c1. The lowest BCUT2D eigenvalue weighted by Gasteiger charge is -2.06. The maximum Gasteiger partial charge on any atom is 0.238 e.